The third kappa shape index (κ3) is 3.89. The number of piperidine rings is 1. The Labute approximate surface area is 158 Å². The van der Waals surface area contributed by atoms with Crippen molar-refractivity contribution in [1.82, 2.24) is 9.97 Å². The molecule has 2 saturated heterocycles. The van der Waals surface area contributed by atoms with Gasteiger partial charge in [0, 0.05) is 44.1 Å². The van der Waals surface area contributed by atoms with Crippen molar-refractivity contribution in [3.05, 3.63) is 47.5 Å². The fraction of sp³-hybridized carbons (Fsp3) is 0.500. The van der Waals surface area contributed by atoms with Gasteiger partial charge >= 0.3 is 0 Å². The van der Waals surface area contributed by atoms with Crippen molar-refractivity contribution < 1.29 is 14.2 Å². The number of aliphatic hydroxyl groups excluding tert-OH is 1. The van der Waals surface area contributed by atoms with Crippen LogP contribution in [0.4, 0.5) is 16.0 Å². The molecule has 4 rings (SSSR count). The van der Waals surface area contributed by atoms with Gasteiger partial charge < -0.3 is 19.6 Å². The Morgan fingerprint density at radius 3 is 2.41 bits per heavy atom. The predicted molar refractivity (Wildman–Crippen MR) is 102 cm³/mol. The zero-order valence-corrected chi connectivity index (χ0v) is 15.4. The number of hydrogen-bond acceptors (Lipinski definition) is 6. The van der Waals surface area contributed by atoms with Crippen molar-refractivity contribution >= 4 is 11.6 Å². The van der Waals surface area contributed by atoms with Gasteiger partial charge in [0.1, 0.15) is 0 Å². The summed E-state index contributed by atoms with van der Waals surface area (Å²) >= 11 is 0. The average Bonchev–Trinajstić information content (AvgIpc) is 2.75. The lowest BCUT2D eigenvalue weighted by atomic mass is 9.91. The van der Waals surface area contributed by atoms with E-state index in [9.17, 15) is 9.50 Å². The van der Waals surface area contributed by atoms with Gasteiger partial charge in [0.25, 0.3) is 0 Å². The Morgan fingerprint density at radius 1 is 1.04 bits per heavy atom. The van der Waals surface area contributed by atoms with E-state index >= 15 is 0 Å². The van der Waals surface area contributed by atoms with E-state index in [2.05, 4.69) is 19.8 Å². The normalized spacial score (nSPS) is 18.7. The van der Waals surface area contributed by atoms with Gasteiger partial charge in [0.2, 0.25) is 5.95 Å². The highest BCUT2D eigenvalue weighted by molar-refractivity contribution is 5.51. The smallest absolute Gasteiger partial charge is 0.225 e. The molecule has 7 heteroatoms. The monoisotopic (exact) mass is 372 g/mol. The molecule has 0 unspecified atom stereocenters. The zero-order chi connectivity index (χ0) is 18.6. The van der Waals surface area contributed by atoms with Crippen LogP contribution in [0.1, 0.15) is 29.9 Å². The second-order valence-corrected chi connectivity index (χ2v) is 7.09. The summed E-state index contributed by atoms with van der Waals surface area (Å²) in [7, 11) is 0. The zero-order valence-electron chi connectivity index (χ0n) is 15.4. The maximum Gasteiger partial charge on any atom is 0.225 e. The van der Waals surface area contributed by atoms with Crippen LogP contribution in [0, 0.1) is 5.82 Å². The fourth-order valence-electron chi connectivity index (χ4n) is 3.85. The minimum atomic E-state index is -0.309. The third-order valence-electron chi connectivity index (χ3n) is 5.49. The van der Waals surface area contributed by atoms with E-state index < -0.39 is 0 Å². The second-order valence-electron chi connectivity index (χ2n) is 7.09. The van der Waals surface area contributed by atoms with Crippen molar-refractivity contribution in [3.63, 3.8) is 0 Å². The highest BCUT2D eigenvalue weighted by Crippen LogP contribution is 2.32. The maximum atomic E-state index is 14.5. The molecule has 0 saturated carbocycles. The van der Waals surface area contributed by atoms with Crippen LogP contribution in [0.3, 0.4) is 0 Å². The van der Waals surface area contributed by atoms with E-state index in [0.29, 0.717) is 17.2 Å². The van der Waals surface area contributed by atoms with Gasteiger partial charge in [0.05, 0.1) is 25.5 Å². The maximum absolute atomic E-state index is 14.5. The molecule has 3 heterocycles. The average molecular weight is 372 g/mol. The molecule has 0 bridgehead atoms. The van der Waals surface area contributed by atoms with Crippen LogP contribution >= 0.6 is 0 Å². The molecule has 2 aliphatic heterocycles. The van der Waals surface area contributed by atoms with Crippen molar-refractivity contribution in [2.75, 3.05) is 49.2 Å². The van der Waals surface area contributed by atoms with Gasteiger partial charge in [-0.1, -0.05) is 12.1 Å². The Kier molecular flexibility index (Phi) is 5.50. The lowest BCUT2D eigenvalue weighted by Crippen LogP contribution is -2.37. The highest BCUT2D eigenvalue weighted by atomic mass is 19.1. The summed E-state index contributed by atoms with van der Waals surface area (Å²) in [5.41, 5.74) is 2.08. The number of hydrogen-bond donors (Lipinski definition) is 1. The Balaban J connectivity index is 1.39. The molecule has 1 N–H and O–H groups in total. The first-order valence-electron chi connectivity index (χ1n) is 9.54. The molecule has 2 fully saturated rings. The molecule has 1 aromatic carbocycles. The molecular formula is C20H25FN4O2. The third-order valence-corrected chi connectivity index (χ3v) is 5.49. The van der Waals surface area contributed by atoms with Crippen molar-refractivity contribution in [1.29, 1.82) is 0 Å². The topological polar surface area (TPSA) is 61.7 Å². The molecule has 1 aromatic heterocycles. The van der Waals surface area contributed by atoms with Gasteiger partial charge in [-0.3, -0.25) is 0 Å². The van der Waals surface area contributed by atoms with Crippen LogP contribution in [0.25, 0.3) is 0 Å². The van der Waals surface area contributed by atoms with Crippen molar-refractivity contribution in [3.8, 4) is 0 Å². The van der Waals surface area contributed by atoms with Crippen LogP contribution in [0.2, 0.25) is 0 Å². The number of halogens is 1. The van der Waals surface area contributed by atoms with Crippen LogP contribution in [-0.4, -0.2) is 54.5 Å². The summed E-state index contributed by atoms with van der Waals surface area (Å²) in [5.74, 6) is 0.850. The molecule has 27 heavy (non-hydrogen) atoms. The van der Waals surface area contributed by atoms with Crippen LogP contribution < -0.4 is 9.80 Å². The van der Waals surface area contributed by atoms with Gasteiger partial charge in [-0.25, -0.2) is 14.4 Å². The molecular weight excluding hydrogens is 347 g/mol. The van der Waals surface area contributed by atoms with Gasteiger partial charge in [-0.05, 0) is 30.4 Å². The number of aliphatic hydroxyl groups is 1. The largest absolute Gasteiger partial charge is 0.392 e. The molecule has 6 nitrogen and oxygen atoms in total. The summed E-state index contributed by atoms with van der Waals surface area (Å²) in [6, 6.07) is 5.21. The molecule has 0 aliphatic carbocycles. The van der Waals surface area contributed by atoms with Crippen molar-refractivity contribution in [2.24, 2.45) is 0 Å². The lowest BCUT2D eigenvalue weighted by Gasteiger charge is -2.34. The predicted octanol–water partition coefficient (Wildman–Crippen LogP) is 2.33. The molecule has 144 valence electrons. The summed E-state index contributed by atoms with van der Waals surface area (Å²) in [5, 5.41) is 9.27. The van der Waals surface area contributed by atoms with E-state index in [4.69, 9.17) is 4.74 Å². The molecule has 2 aromatic rings. The van der Waals surface area contributed by atoms with Crippen LogP contribution in [0.15, 0.2) is 30.6 Å². The molecule has 0 atom stereocenters. The number of benzene rings is 1. The minimum absolute atomic E-state index is 0.275. The number of ether oxygens (including phenoxy) is 1. The number of anilines is 2. The van der Waals surface area contributed by atoms with E-state index in [1.807, 2.05) is 12.4 Å². The van der Waals surface area contributed by atoms with Gasteiger partial charge in [-0.15, -0.1) is 0 Å². The summed E-state index contributed by atoms with van der Waals surface area (Å²) in [6.07, 6.45) is 5.74. The van der Waals surface area contributed by atoms with Crippen LogP contribution in [0.5, 0.6) is 0 Å². The Hall–Kier alpha value is -2.25. The highest BCUT2D eigenvalue weighted by Gasteiger charge is 2.24. The van der Waals surface area contributed by atoms with E-state index in [1.165, 1.54) is 0 Å². The second kappa shape index (κ2) is 8.19. The van der Waals surface area contributed by atoms with Gasteiger partial charge in [0.15, 0.2) is 5.82 Å². The standard InChI is InChI=1S/C20H25FN4O2/c21-19-16(14-26)2-1-3-18(19)24-6-4-15(5-7-24)17-12-22-20(23-13-17)25-8-10-27-11-9-25/h1-3,12-13,15,26H,4-11,14H2. The Bertz CT molecular complexity index is 757. The minimum Gasteiger partial charge on any atom is -0.392 e. The number of nitrogens with zero attached hydrogens (tertiary/aromatic N) is 4. The van der Waals surface area contributed by atoms with Gasteiger partial charge in [-0.2, -0.15) is 0 Å². The van der Waals surface area contributed by atoms with E-state index in [1.54, 1.807) is 18.2 Å². The molecule has 2 aliphatic rings. The summed E-state index contributed by atoms with van der Waals surface area (Å²) in [6.45, 7) is 4.38. The first-order chi connectivity index (χ1) is 13.3. The molecule has 0 amide bonds. The quantitative estimate of drug-likeness (QED) is 0.889. The SMILES string of the molecule is OCc1cccc(N2CCC(c3cnc(N4CCOCC4)nc3)CC2)c1F. The van der Waals surface area contributed by atoms with E-state index in [0.717, 1.165) is 63.7 Å². The lowest BCUT2D eigenvalue weighted by molar-refractivity contribution is 0.122. The number of aromatic nitrogens is 2. The van der Waals surface area contributed by atoms with Crippen LogP contribution in [-0.2, 0) is 11.3 Å². The molecule has 0 radical (unpaired) electrons. The first-order valence-corrected chi connectivity index (χ1v) is 9.54. The first kappa shape index (κ1) is 18.1. The fourth-order valence-corrected chi connectivity index (χ4v) is 3.85. The number of rotatable bonds is 4. The number of morpholine rings is 1. The van der Waals surface area contributed by atoms with Crippen molar-refractivity contribution in [2.45, 2.75) is 25.4 Å². The Morgan fingerprint density at radius 2 is 1.74 bits per heavy atom. The summed E-state index contributed by atoms with van der Waals surface area (Å²) < 4.78 is 19.8. The molecule has 0 spiro atoms. The summed E-state index contributed by atoms with van der Waals surface area (Å²) in [4.78, 5) is 13.3. The van der Waals surface area contributed by atoms with E-state index in [-0.39, 0.29) is 12.4 Å².